The zero-order valence-corrected chi connectivity index (χ0v) is 12.8. The average Bonchev–Trinajstić information content (AvgIpc) is 2.41. The first-order chi connectivity index (χ1) is 10.1. The van der Waals surface area contributed by atoms with Gasteiger partial charge in [-0.3, -0.25) is 9.59 Å². The summed E-state index contributed by atoms with van der Waals surface area (Å²) in [7, 11) is 0. The maximum Gasteiger partial charge on any atom is 0.249 e. The van der Waals surface area contributed by atoms with Crippen LogP contribution in [-0.4, -0.2) is 35.8 Å². The van der Waals surface area contributed by atoms with Crippen molar-refractivity contribution in [2.75, 3.05) is 18.0 Å². The number of rotatable bonds is 2. The van der Waals surface area contributed by atoms with Gasteiger partial charge in [0.1, 0.15) is 6.04 Å². The van der Waals surface area contributed by atoms with Crippen LogP contribution in [0, 0.1) is 5.92 Å². The van der Waals surface area contributed by atoms with Gasteiger partial charge in [0.15, 0.2) is 0 Å². The molecule has 21 heavy (non-hydrogen) atoms. The number of benzene rings is 1. The molecule has 3 rings (SSSR count). The maximum atomic E-state index is 12.6. The van der Waals surface area contributed by atoms with Crippen molar-refractivity contribution in [1.29, 1.82) is 0 Å². The number of para-hydroxylation sites is 1. The maximum absolute atomic E-state index is 12.6. The quantitative estimate of drug-likeness (QED) is 0.843. The molecule has 1 aromatic carbocycles. The van der Waals surface area contributed by atoms with E-state index in [9.17, 15) is 9.59 Å². The summed E-state index contributed by atoms with van der Waals surface area (Å²) >= 11 is 6.18. The highest BCUT2D eigenvalue weighted by Crippen LogP contribution is 2.32. The second-order valence-electron chi connectivity index (χ2n) is 5.78. The molecule has 1 atom stereocenters. The van der Waals surface area contributed by atoms with Crippen molar-refractivity contribution < 1.29 is 9.59 Å². The molecule has 1 aliphatic carbocycles. The van der Waals surface area contributed by atoms with Crippen molar-refractivity contribution in [2.45, 2.75) is 32.2 Å². The number of hydrogen-bond acceptors (Lipinski definition) is 2. The summed E-state index contributed by atoms with van der Waals surface area (Å²) in [5, 5.41) is 0.566. The zero-order valence-electron chi connectivity index (χ0n) is 12.1. The van der Waals surface area contributed by atoms with Gasteiger partial charge in [-0.05, 0) is 31.9 Å². The van der Waals surface area contributed by atoms with E-state index in [-0.39, 0.29) is 17.7 Å². The minimum Gasteiger partial charge on any atom is -0.329 e. The second-order valence-corrected chi connectivity index (χ2v) is 6.18. The topological polar surface area (TPSA) is 40.6 Å². The van der Waals surface area contributed by atoms with Crippen LogP contribution in [0.25, 0.3) is 0 Å². The lowest BCUT2D eigenvalue weighted by molar-refractivity contribution is -0.146. The highest BCUT2D eigenvalue weighted by atomic mass is 35.5. The lowest BCUT2D eigenvalue weighted by atomic mass is 9.84. The van der Waals surface area contributed by atoms with Gasteiger partial charge in [-0.2, -0.15) is 0 Å². The number of piperazine rings is 1. The molecule has 1 aliphatic heterocycles. The Hall–Kier alpha value is -1.55. The molecule has 5 heteroatoms. The Bertz CT molecular complexity index is 571. The molecule has 0 aromatic heterocycles. The highest BCUT2D eigenvalue weighted by Gasteiger charge is 2.39. The first-order valence-electron chi connectivity index (χ1n) is 7.46. The van der Waals surface area contributed by atoms with Crippen LogP contribution in [0.1, 0.15) is 26.2 Å². The van der Waals surface area contributed by atoms with Crippen LogP contribution in [-0.2, 0) is 9.59 Å². The zero-order chi connectivity index (χ0) is 15.0. The molecule has 1 heterocycles. The summed E-state index contributed by atoms with van der Waals surface area (Å²) in [6, 6.07) is 6.92. The normalized spacial score (nSPS) is 23.1. The van der Waals surface area contributed by atoms with Crippen LogP contribution < -0.4 is 4.90 Å². The summed E-state index contributed by atoms with van der Waals surface area (Å²) < 4.78 is 0. The van der Waals surface area contributed by atoms with Crippen molar-refractivity contribution in [3.05, 3.63) is 29.3 Å². The minimum atomic E-state index is -0.414. The lowest BCUT2D eigenvalue weighted by Crippen LogP contribution is -2.59. The number of hydrogen-bond donors (Lipinski definition) is 0. The second kappa shape index (κ2) is 5.68. The van der Waals surface area contributed by atoms with Gasteiger partial charge in [0, 0.05) is 19.0 Å². The Morgan fingerprint density at radius 3 is 2.57 bits per heavy atom. The summed E-state index contributed by atoms with van der Waals surface area (Å²) in [5.74, 6) is 0.218. The number of anilines is 1. The van der Waals surface area contributed by atoms with E-state index in [0.29, 0.717) is 18.1 Å². The smallest absolute Gasteiger partial charge is 0.249 e. The van der Waals surface area contributed by atoms with Crippen LogP contribution in [0.15, 0.2) is 24.3 Å². The van der Waals surface area contributed by atoms with Gasteiger partial charge in [0.25, 0.3) is 0 Å². The molecule has 0 bridgehead atoms. The van der Waals surface area contributed by atoms with Gasteiger partial charge in [-0.15, -0.1) is 0 Å². The highest BCUT2D eigenvalue weighted by molar-refractivity contribution is 6.33. The van der Waals surface area contributed by atoms with Crippen molar-refractivity contribution in [1.82, 2.24) is 4.90 Å². The fraction of sp³-hybridized carbons (Fsp3) is 0.500. The number of carbonyl (C=O) groups is 2. The van der Waals surface area contributed by atoms with Gasteiger partial charge in [0.2, 0.25) is 11.8 Å². The molecular formula is C16H19ClN2O2. The fourth-order valence-corrected chi connectivity index (χ4v) is 3.21. The van der Waals surface area contributed by atoms with Crippen LogP contribution in [0.3, 0.4) is 0 Å². The van der Waals surface area contributed by atoms with E-state index in [2.05, 4.69) is 0 Å². The molecule has 112 valence electrons. The Morgan fingerprint density at radius 2 is 1.95 bits per heavy atom. The van der Waals surface area contributed by atoms with Crippen LogP contribution >= 0.6 is 11.6 Å². The first kappa shape index (κ1) is 14.4. The number of nitrogens with zero attached hydrogens (tertiary/aromatic N) is 2. The van der Waals surface area contributed by atoms with Crippen LogP contribution in [0.2, 0.25) is 5.02 Å². The molecule has 2 amide bonds. The van der Waals surface area contributed by atoms with Crippen LogP contribution in [0.5, 0.6) is 0 Å². The lowest BCUT2D eigenvalue weighted by Gasteiger charge is -2.42. The molecule has 1 saturated heterocycles. The Labute approximate surface area is 129 Å². The van der Waals surface area contributed by atoms with Crippen molar-refractivity contribution in [3.8, 4) is 0 Å². The monoisotopic (exact) mass is 306 g/mol. The summed E-state index contributed by atoms with van der Waals surface area (Å²) in [4.78, 5) is 28.4. The van der Waals surface area contributed by atoms with E-state index < -0.39 is 6.04 Å². The van der Waals surface area contributed by atoms with Crippen LogP contribution in [0.4, 0.5) is 5.69 Å². The van der Waals surface area contributed by atoms with Gasteiger partial charge in [0.05, 0.1) is 10.7 Å². The van der Waals surface area contributed by atoms with Crippen molar-refractivity contribution >= 4 is 29.1 Å². The van der Waals surface area contributed by atoms with E-state index in [1.807, 2.05) is 25.1 Å². The Kier molecular flexibility index (Phi) is 3.89. The van der Waals surface area contributed by atoms with E-state index in [1.165, 1.54) is 0 Å². The summed E-state index contributed by atoms with van der Waals surface area (Å²) in [6.45, 7) is 2.89. The van der Waals surface area contributed by atoms with E-state index in [0.717, 1.165) is 24.9 Å². The van der Waals surface area contributed by atoms with E-state index >= 15 is 0 Å². The Morgan fingerprint density at radius 1 is 1.24 bits per heavy atom. The van der Waals surface area contributed by atoms with Crippen molar-refractivity contribution in [2.24, 2.45) is 5.92 Å². The molecule has 2 fully saturated rings. The molecular weight excluding hydrogens is 288 g/mol. The molecule has 0 radical (unpaired) electrons. The van der Waals surface area contributed by atoms with E-state index in [1.54, 1.807) is 15.9 Å². The third kappa shape index (κ3) is 2.53. The number of amides is 2. The molecule has 1 unspecified atom stereocenters. The minimum absolute atomic E-state index is 0.0537. The molecule has 1 saturated carbocycles. The molecule has 0 N–H and O–H groups in total. The van der Waals surface area contributed by atoms with Crippen molar-refractivity contribution in [3.63, 3.8) is 0 Å². The summed E-state index contributed by atoms with van der Waals surface area (Å²) in [5.41, 5.74) is 0.728. The predicted octanol–water partition coefficient (Wildman–Crippen LogP) is 2.70. The summed E-state index contributed by atoms with van der Waals surface area (Å²) in [6.07, 6.45) is 3.05. The largest absolute Gasteiger partial charge is 0.329 e. The van der Waals surface area contributed by atoms with Gasteiger partial charge >= 0.3 is 0 Å². The standard InChI is InChI=1S/C16H19ClN2O2/c1-11-15(20)19(14-8-3-2-7-13(14)17)10-9-18(11)16(21)12-5-4-6-12/h2-3,7-8,11-12H,4-6,9-10H2,1H3. The van der Waals surface area contributed by atoms with Gasteiger partial charge in [-0.25, -0.2) is 0 Å². The number of carbonyl (C=O) groups excluding carboxylic acids is 2. The third-order valence-electron chi connectivity index (χ3n) is 4.54. The predicted molar refractivity (Wildman–Crippen MR) is 82.3 cm³/mol. The fourth-order valence-electron chi connectivity index (χ4n) is 2.97. The molecule has 4 nitrogen and oxygen atoms in total. The average molecular weight is 307 g/mol. The number of halogens is 1. The molecule has 0 spiro atoms. The third-order valence-corrected chi connectivity index (χ3v) is 4.86. The molecule has 1 aromatic rings. The van der Waals surface area contributed by atoms with Gasteiger partial charge < -0.3 is 9.80 Å². The Balaban J connectivity index is 1.77. The SMILES string of the molecule is CC1C(=O)N(c2ccccc2Cl)CCN1C(=O)C1CCC1. The first-order valence-corrected chi connectivity index (χ1v) is 7.84. The van der Waals surface area contributed by atoms with Gasteiger partial charge in [-0.1, -0.05) is 30.2 Å². The van der Waals surface area contributed by atoms with E-state index in [4.69, 9.17) is 11.6 Å². The molecule has 2 aliphatic rings.